The van der Waals surface area contributed by atoms with Gasteiger partial charge < -0.3 is 24.8 Å². The molecular weight excluding hydrogens is 419 g/mol. The average Bonchev–Trinajstić information content (AvgIpc) is 3.09. The van der Waals surface area contributed by atoms with E-state index in [1.807, 2.05) is 0 Å². The Morgan fingerprint density at radius 3 is 2.00 bits per heavy atom. The largest absolute Gasteiger partial charge is 1.00 e. The molecule has 0 saturated carbocycles. The van der Waals surface area contributed by atoms with Gasteiger partial charge in [-0.05, 0) is 0 Å². The minimum atomic E-state index is -0.323. The quantitative estimate of drug-likeness (QED) is 0.620. The fraction of sp³-hybridized carbons (Fsp3) is 0.280. The van der Waals surface area contributed by atoms with Gasteiger partial charge in [0.1, 0.15) is 0 Å². The van der Waals surface area contributed by atoms with Crippen LogP contribution in [0.15, 0.2) is 75.2 Å². The van der Waals surface area contributed by atoms with E-state index in [0.717, 1.165) is 0 Å². The predicted octanol–water partition coefficient (Wildman–Crippen LogP) is 1.02. The molecule has 2 aliphatic rings. The minimum Gasteiger partial charge on any atom is -1.00 e. The van der Waals surface area contributed by atoms with Crippen molar-refractivity contribution in [3.63, 3.8) is 0 Å². The van der Waals surface area contributed by atoms with Crippen molar-refractivity contribution in [2.24, 2.45) is 5.41 Å². The fourth-order valence-corrected chi connectivity index (χ4v) is 7.61. The minimum absolute atomic E-state index is 0. The van der Waals surface area contributed by atoms with E-state index in [1.54, 1.807) is 15.0 Å². The van der Waals surface area contributed by atoms with Gasteiger partial charge in [0.05, 0.1) is 0 Å². The number of fused-ring (bicyclic) bond motifs is 1. The van der Waals surface area contributed by atoms with E-state index >= 15 is 0 Å². The van der Waals surface area contributed by atoms with Gasteiger partial charge in [-0.2, -0.15) is 0 Å². The SMILES string of the molecule is CC1=C(C)C(C)(C)[C]([Ti+2][CH]2C(c3ccccc3)=Cc3ccccc32)=C1C.[Cl-].[Cl-]. The second-order valence-corrected chi connectivity index (χ2v) is 10.2. The zero-order valence-corrected chi connectivity index (χ0v) is 20.2. The Morgan fingerprint density at radius 1 is 0.786 bits per heavy atom. The molecule has 0 heterocycles. The number of hydrogen-bond donors (Lipinski definition) is 0. The number of benzene rings is 2. The van der Waals surface area contributed by atoms with Gasteiger partial charge >= 0.3 is 167 Å². The molecule has 0 aliphatic heterocycles. The molecule has 2 aromatic carbocycles. The third-order valence-electron chi connectivity index (χ3n) is 6.39. The predicted molar refractivity (Wildman–Crippen MR) is 108 cm³/mol. The van der Waals surface area contributed by atoms with Crippen LogP contribution in [0.3, 0.4) is 0 Å². The van der Waals surface area contributed by atoms with Crippen molar-refractivity contribution < 1.29 is 44.0 Å². The monoisotopic (exact) mass is 444 g/mol. The van der Waals surface area contributed by atoms with Crippen LogP contribution in [0, 0.1) is 5.41 Å². The third-order valence-corrected chi connectivity index (χ3v) is 9.82. The second-order valence-electron chi connectivity index (χ2n) is 8.05. The van der Waals surface area contributed by atoms with Crippen LogP contribution in [0.25, 0.3) is 11.6 Å². The van der Waals surface area contributed by atoms with Crippen LogP contribution in [0.5, 0.6) is 0 Å². The molecule has 0 amide bonds. The molecule has 0 spiro atoms. The number of allylic oxidation sites excluding steroid dienone is 5. The first-order chi connectivity index (χ1) is 12.4. The summed E-state index contributed by atoms with van der Waals surface area (Å²) in [7, 11) is 0. The van der Waals surface area contributed by atoms with Gasteiger partial charge in [-0.3, -0.25) is 0 Å². The molecule has 0 fully saturated rings. The normalized spacial score (nSPS) is 19.5. The molecule has 1 unspecified atom stereocenters. The van der Waals surface area contributed by atoms with Crippen molar-refractivity contribution in [1.82, 2.24) is 0 Å². The van der Waals surface area contributed by atoms with Crippen LogP contribution in [0.1, 0.15) is 55.5 Å². The fourth-order valence-electron chi connectivity index (χ4n) is 4.39. The van der Waals surface area contributed by atoms with E-state index in [-0.39, 0.29) is 49.4 Å². The Morgan fingerprint density at radius 2 is 1.39 bits per heavy atom. The van der Waals surface area contributed by atoms with E-state index in [4.69, 9.17) is 0 Å². The van der Waals surface area contributed by atoms with Crippen LogP contribution in [-0.4, -0.2) is 0 Å². The second kappa shape index (κ2) is 8.76. The van der Waals surface area contributed by atoms with Crippen molar-refractivity contribution in [1.29, 1.82) is 0 Å². The summed E-state index contributed by atoms with van der Waals surface area (Å²) in [5, 5.41) is 0. The van der Waals surface area contributed by atoms with Gasteiger partial charge in [0, 0.05) is 0 Å². The molecule has 0 nitrogen and oxygen atoms in total. The summed E-state index contributed by atoms with van der Waals surface area (Å²) in [5.74, 6) is 0. The average molecular weight is 445 g/mol. The summed E-state index contributed by atoms with van der Waals surface area (Å²) in [6.07, 6.45) is 2.43. The van der Waals surface area contributed by atoms with E-state index in [1.165, 1.54) is 27.8 Å². The third kappa shape index (κ3) is 3.73. The van der Waals surface area contributed by atoms with Crippen LogP contribution in [-0.2, 0) is 19.2 Å². The maximum Gasteiger partial charge on any atom is -1.00 e. The molecule has 0 aromatic heterocycles. The first-order valence-corrected chi connectivity index (χ1v) is 11.1. The summed E-state index contributed by atoms with van der Waals surface area (Å²) in [6, 6.07) is 20.0. The van der Waals surface area contributed by atoms with Crippen molar-refractivity contribution in [3.8, 4) is 0 Å². The van der Waals surface area contributed by atoms with Gasteiger partial charge in [0.2, 0.25) is 0 Å². The molecule has 144 valence electrons. The molecule has 3 heteroatoms. The Kier molecular flexibility index (Phi) is 7.27. The van der Waals surface area contributed by atoms with E-state index in [2.05, 4.69) is 95.3 Å². The zero-order valence-electron chi connectivity index (χ0n) is 17.1. The standard InChI is InChI=1S/C15H11.C10H15.2ClH.Ti/c1-2-6-12(7-3-1)15-10-13-8-4-5-9-14(13)11-15;1-7-6-10(4,5)9(3)8(7)2;;;/h1-11H;1-5H3;2*1H;/q;;;;+2/p-2. The summed E-state index contributed by atoms with van der Waals surface area (Å²) in [5.41, 5.74) is 10.7. The number of rotatable bonds is 3. The molecule has 2 aromatic rings. The van der Waals surface area contributed by atoms with Gasteiger partial charge in [0.25, 0.3) is 0 Å². The zero-order chi connectivity index (χ0) is 18.5. The summed E-state index contributed by atoms with van der Waals surface area (Å²) >= 11 is -0.323. The number of halogens is 2. The molecule has 0 bridgehead atoms. The van der Waals surface area contributed by atoms with Crippen LogP contribution in [0.2, 0.25) is 0 Å². The molecule has 0 N–H and O–H groups in total. The summed E-state index contributed by atoms with van der Waals surface area (Å²) in [6.45, 7) is 11.8. The van der Waals surface area contributed by atoms with Crippen molar-refractivity contribution in [2.45, 2.75) is 38.8 Å². The van der Waals surface area contributed by atoms with Crippen molar-refractivity contribution in [2.75, 3.05) is 0 Å². The Balaban J connectivity index is 0.00000140. The van der Waals surface area contributed by atoms with Crippen LogP contribution < -0.4 is 24.8 Å². The smallest absolute Gasteiger partial charge is 1.00 e. The molecule has 1 atom stereocenters. The topological polar surface area (TPSA) is 0 Å². The van der Waals surface area contributed by atoms with E-state index in [0.29, 0.717) is 4.22 Å². The van der Waals surface area contributed by atoms with Gasteiger partial charge in [-0.1, -0.05) is 0 Å². The van der Waals surface area contributed by atoms with E-state index < -0.39 is 0 Å². The first-order valence-electron chi connectivity index (χ1n) is 9.43. The Labute approximate surface area is 191 Å². The van der Waals surface area contributed by atoms with Crippen molar-refractivity contribution >= 4 is 11.6 Å². The maximum atomic E-state index is 2.43. The summed E-state index contributed by atoms with van der Waals surface area (Å²) < 4.78 is 2.30. The van der Waals surface area contributed by atoms with Gasteiger partial charge in [-0.15, -0.1) is 0 Å². The van der Waals surface area contributed by atoms with Crippen LogP contribution in [0.4, 0.5) is 0 Å². The molecular formula is C25H26Cl2Ti. The molecule has 0 radical (unpaired) electrons. The van der Waals surface area contributed by atoms with E-state index in [9.17, 15) is 0 Å². The van der Waals surface area contributed by atoms with Crippen LogP contribution >= 0.6 is 0 Å². The molecule has 2 aliphatic carbocycles. The first kappa shape index (κ1) is 23.2. The van der Waals surface area contributed by atoms with Crippen molar-refractivity contribution in [3.05, 3.63) is 91.9 Å². The Hall–Kier alpha value is -1.05. The maximum absolute atomic E-state index is 2.43. The number of hydrogen-bond acceptors (Lipinski definition) is 0. The molecule has 4 rings (SSSR count). The Bertz CT molecular complexity index is 965. The molecule has 0 saturated heterocycles. The molecule has 28 heavy (non-hydrogen) atoms. The summed E-state index contributed by atoms with van der Waals surface area (Å²) in [4.78, 5) is 0. The van der Waals surface area contributed by atoms with Gasteiger partial charge in [-0.25, -0.2) is 0 Å². The van der Waals surface area contributed by atoms with Gasteiger partial charge in [0.15, 0.2) is 0 Å².